The molecule has 1 spiro atoms. The normalized spacial score (nSPS) is 27.1. The molecular formula is C11H18N4O3. The van der Waals surface area contributed by atoms with Gasteiger partial charge in [0.2, 0.25) is 0 Å². The molecule has 2 aliphatic heterocycles. The van der Waals surface area contributed by atoms with E-state index in [0.29, 0.717) is 25.9 Å². The fraction of sp³-hybridized carbons (Fsp3) is 0.727. The van der Waals surface area contributed by atoms with Crippen LogP contribution in [-0.2, 0) is 4.79 Å². The van der Waals surface area contributed by atoms with Crippen LogP contribution in [0.3, 0.4) is 0 Å². The van der Waals surface area contributed by atoms with Crippen molar-refractivity contribution in [3.8, 4) is 0 Å². The Balaban J connectivity index is 2.02. The van der Waals surface area contributed by atoms with Gasteiger partial charge < -0.3 is 15.5 Å². The molecule has 7 nitrogen and oxygen atoms in total. The standard InChI is InChI=1S/C11H18N4O3/c1-2-5-12-10(18)15-6-3-4-11(7-15)8(16)13-9(17)14-11/h2-7H2,1H3,(H,12,18)(H2,13,14,16,17). The SMILES string of the molecule is CCCNC(=O)N1CCCC2(C1)NC(=O)NC2=O. The summed E-state index contributed by atoms with van der Waals surface area (Å²) in [6, 6.07) is -0.652. The fourth-order valence-corrected chi connectivity index (χ4v) is 2.39. The second-order valence-electron chi connectivity index (χ2n) is 4.75. The van der Waals surface area contributed by atoms with Crippen molar-refractivity contribution in [2.24, 2.45) is 0 Å². The fourth-order valence-electron chi connectivity index (χ4n) is 2.39. The summed E-state index contributed by atoms with van der Waals surface area (Å²) in [5, 5.41) is 7.65. The van der Waals surface area contributed by atoms with Gasteiger partial charge in [0.05, 0.1) is 6.54 Å². The monoisotopic (exact) mass is 254 g/mol. The largest absolute Gasteiger partial charge is 0.338 e. The molecule has 2 fully saturated rings. The number of nitrogens with zero attached hydrogens (tertiary/aromatic N) is 1. The van der Waals surface area contributed by atoms with Crippen LogP contribution in [0.4, 0.5) is 9.59 Å². The van der Waals surface area contributed by atoms with Crippen LogP contribution in [-0.4, -0.2) is 48.0 Å². The maximum absolute atomic E-state index is 11.9. The van der Waals surface area contributed by atoms with Crippen molar-refractivity contribution in [2.45, 2.75) is 31.7 Å². The summed E-state index contributed by atoms with van der Waals surface area (Å²) < 4.78 is 0. The van der Waals surface area contributed by atoms with Crippen LogP contribution >= 0.6 is 0 Å². The van der Waals surface area contributed by atoms with Gasteiger partial charge in [-0.15, -0.1) is 0 Å². The second kappa shape index (κ2) is 4.83. The van der Waals surface area contributed by atoms with Crippen LogP contribution in [0.25, 0.3) is 0 Å². The number of hydrogen-bond acceptors (Lipinski definition) is 3. The second-order valence-corrected chi connectivity index (χ2v) is 4.75. The Morgan fingerprint density at radius 2 is 2.28 bits per heavy atom. The number of piperidine rings is 1. The first kappa shape index (κ1) is 12.7. The highest BCUT2D eigenvalue weighted by atomic mass is 16.2. The van der Waals surface area contributed by atoms with Crippen molar-refractivity contribution >= 4 is 18.0 Å². The van der Waals surface area contributed by atoms with Gasteiger partial charge in [0.1, 0.15) is 5.54 Å². The van der Waals surface area contributed by atoms with E-state index >= 15 is 0 Å². The molecule has 5 amide bonds. The van der Waals surface area contributed by atoms with Gasteiger partial charge in [-0.1, -0.05) is 6.92 Å². The number of urea groups is 2. The Labute approximate surface area is 105 Å². The molecule has 0 aromatic heterocycles. The molecule has 1 unspecified atom stereocenters. The van der Waals surface area contributed by atoms with Crippen molar-refractivity contribution in [2.75, 3.05) is 19.6 Å². The summed E-state index contributed by atoms with van der Waals surface area (Å²) in [7, 11) is 0. The average molecular weight is 254 g/mol. The first-order chi connectivity index (χ1) is 8.57. The number of likely N-dealkylation sites (tertiary alicyclic amines) is 1. The van der Waals surface area contributed by atoms with Gasteiger partial charge >= 0.3 is 12.1 Å². The molecule has 2 aliphatic rings. The van der Waals surface area contributed by atoms with E-state index in [4.69, 9.17) is 0 Å². The summed E-state index contributed by atoms with van der Waals surface area (Å²) in [6.07, 6.45) is 2.14. The molecule has 0 aliphatic carbocycles. The van der Waals surface area contributed by atoms with Crippen LogP contribution in [0.1, 0.15) is 26.2 Å². The third-order valence-corrected chi connectivity index (χ3v) is 3.32. The van der Waals surface area contributed by atoms with E-state index in [1.807, 2.05) is 6.92 Å². The van der Waals surface area contributed by atoms with Gasteiger partial charge in [-0.3, -0.25) is 10.1 Å². The number of carbonyl (C=O) groups excluding carboxylic acids is 3. The number of hydrogen-bond donors (Lipinski definition) is 3. The van der Waals surface area contributed by atoms with Crippen molar-refractivity contribution < 1.29 is 14.4 Å². The summed E-state index contributed by atoms with van der Waals surface area (Å²) in [6.45, 7) is 3.43. The Kier molecular flexibility index (Phi) is 3.40. The molecule has 1 atom stereocenters. The quantitative estimate of drug-likeness (QED) is 0.595. The highest BCUT2D eigenvalue weighted by Gasteiger charge is 2.49. The lowest BCUT2D eigenvalue weighted by molar-refractivity contribution is -0.125. The van der Waals surface area contributed by atoms with Gasteiger partial charge in [-0.05, 0) is 19.3 Å². The number of carbonyl (C=O) groups is 3. The molecule has 0 aromatic rings. The Morgan fingerprint density at radius 1 is 1.50 bits per heavy atom. The third-order valence-electron chi connectivity index (χ3n) is 3.32. The van der Waals surface area contributed by atoms with E-state index in [9.17, 15) is 14.4 Å². The van der Waals surface area contributed by atoms with E-state index in [0.717, 1.165) is 6.42 Å². The lowest BCUT2D eigenvalue weighted by atomic mass is 9.89. The van der Waals surface area contributed by atoms with Gasteiger partial charge in [0, 0.05) is 13.1 Å². The summed E-state index contributed by atoms with van der Waals surface area (Å²) in [5.41, 5.74) is -0.932. The number of nitrogens with one attached hydrogen (secondary N) is 3. The van der Waals surface area contributed by atoms with Crippen molar-refractivity contribution in [1.82, 2.24) is 20.9 Å². The molecule has 0 bridgehead atoms. The van der Waals surface area contributed by atoms with Crippen LogP contribution in [0, 0.1) is 0 Å². The predicted octanol–water partition coefficient (Wildman–Crippen LogP) is -0.220. The molecule has 0 aromatic carbocycles. The van der Waals surface area contributed by atoms with Crippen molar-refractivity contribution in [3.63, 3.8) is 0 Å². The van der Waals surface area contributed by atoms with E-state index in [1.165, 1.54) is 0 Å². The van der Waals surface area contributed by atoms with Gasteiger partial charge in [-0.2, -0.15) is 0 Å². The van der Waals surface area contributed by atoms with E-state index in [2.05, 4.69) is 16.0 Å². The first-order valence-electron chi connectivity index (χ1n) is 6.24. The zero-order valence-electron chi connectivity index (χ0n) is 10.4. The van der Waals surface area contributed by atoms with Crippen LogP contribution in [0.15, 0.2) is 0 Å². The minimum absolute atomic E-state index is 0.176. The minimum Gasteiger partial charge on any atom is -0.338 e. The molecule has 100 valence electrons. The van der Waals surface area contributed by atoms with Crippen LogP contribution < -0.4 is 16.0 Å². The summed E-state index contributed by atoms with van der Waals surface area (Å²) in [4.78, 5) is 36.4. The highest BCUT2D eigenvalue weighted by molar-refractivity contribution is 6.07. The third kappa shape index (κ3) is 2.25. The average Bonchev–Trinajstić information content (AvgIpc) is 2.61. The zero-order chi connectivity index (χ0) is 13.2. The van der Waals surface area contributed by atoms with E-state index in [-0.39, 0.29) is 18.5 Å². The molecule has 0 radical (unpaired) electrons. The highest BCUT2D eigenvalue weighted by Crippen LogP contribution is 2.24. The molecular weight excluding hydrogens is 236 g/mol. The predicted molar refractivity (Wildman–Crippen MR) is 63.9 cm³/mol. The lowest BCUT2D eigenvalue weighted by Gasteiger charge is -2.37. The Hall–Kier alpha value is -1.79. The van der Waals surface area contributed by atoms with Gasteiger partial charge in [0.15, 0.2) is 0 Å². The molecule has 2 saturated heterocycles. The first-order valence-corrected chi connectivity index (χ1v) is 6.24. The van der Waals surface area contributed by atoms with Crippen LogP contribution in [0.2, 0.25) is 0 Å². The van der Waals surface area contributed by atoms with E-state index < -0.39 is 11.6 Å². The smallest absolute Gasteiger partial charge is 0.322 e. The topological polar surface area (TPSA) is 90.5 Å². The number of imide groups is 1. The summed E-state index contributed by atoms with van der Waals surface area (Å²) >= 11 is 0. The maximum Gasteiger partial charge on any atom is 0.322 e. The molecule has 2 heterocycles. The Bertz CT molecular complexity index is 384. The molecule has 18 heavy (non-hydrogen) atoms. The van der Waals surface area contributed by atoms with Crippen LogP contribution in [0.5, 0.6) is 0 Å². The molecule has 0 saturated carbocycles. The van der Waals surface area contributed by atoms with Gasteiger partial charge in [-0.25, -0.2) is 9.59 Å². The molecule has 2 rings (SSSR count). The number of rotatable bonds is 2. The minimum atomic E-state index is -0.932. The van der Waals surface area contributed by atoms with Crippen molar-refractivity contribution in [3.05, 3.63) is 0 Å². The molecule has 7 heteroatoms. The van der Waals surface area contributed by atoms with Crippen molar-refractivity contribution in [1.29, 1.82) is 0 Å². The Morgan fingerprint density at radius 3 is 2.89 bits per heavy atom. The lowest BCUT2D eigenvalue weighted by Crippen LogP contribution is -2.60. The summed E-state index contributed by atoms with van der Waals surface area (Å²) in [5.74, 6) is -0.333. The van der Waals surface area contributed by atoms with E-state index in [1.54, 1.807) is 4.90 Å². The number of amides is 5. The molecule has 3 N–H and O–H groups in total. The maximum atomic E-state index is 11.9. The zero-order valence-corrected chi connectivity index (χ0v) is 10.4. The van der Waals surface area contributed by atoms with Gasteiger partial charge in [0.25, 0.3) is 5.91 Å².